The molecule has 4 N–H and O–H groups in total. The summed E-state index contributed by atoms with van der Waals surface area (Å²) in [6.45, 7) is 0. The topological polar surface area (TPSA) is 58.3 Å². The second kappa shape index (κ2) is 4.70. The first-order chi connectivity index (χ1) is 7.63. The molecule has 2 rings (SSSR count). The molecule has 88 valence electrons. The van der Waals surface area contributed by atoms with Crippen LogP contribution in [0.1, 0.15) is 25.7 Å². The van der Waals surface area contributed by atoms with E-state index >= 15 is 0 Å². The predicted molar refractivity (Wildman–Crippen MR) is 62.7 cm³/mol. The lowest BCUT2D eigenvalue weighted by molar-refractivity contribution is 0.126. The summed E-state index contributed by atoms with van der Waals surface area (Å²) in [5, 5.41) is 12.6. The lowest BCUT2D eigenvalue weighted by Gasteiger charge is -2.27. The van der Waals surface area contributed by atoms with Crippen molar-refractivity contribution in [1.29, 1.82) is 0 Å². The fraction of sp³-hybridized carbons (Fsp3) is 0.500. The fourth-order valence-electron chi connectivity index (χ4n) is 2.15. The number of aliphatic hydroxyl groups is 1. The van der Waals surface area contributed by atoms with Gasteiger partial charge in [0.25, 0.3) is 0 Å². The number of anilines is 2. The van der Waals surface area contributed by atoms with E-state index in [1.54, 1.807) is 6.07 Å². The van der Waals surface area contributed by atoms with Crippen LogP contribution in [0, 0.1) is 5.82 Å². The van der Waals surface area contributed by atoms with Gasteiger partial charge in [0.05, 0.1) is 6.10 Å². The zero-order valence-electron chi connectivity index (χ0n) is 9.12. The van der Waals surface area contributed by atoms with Crippen LogP contribution in [-0.4, -0.2) is 17.3 Å². The van der Waals surface area contributed by atoms with Gasteiger partial charge in [-0.2, -0.15) is 0 Å². The van der Waals surface area contributed by atoms with Crippen molar-refractivity contribution in [1.82, 2.24) is 0 Å². The Morgan fingerprint density at radius 1 is 1.19 bits per heavy atom. The van der Waals surface area contributed by atoms with Gasteiger partial charge in [0.1, 0.15) is 5.82 Å². The minimum atomic E-state index is -0.321. The highest BCUT2D eigenvalue weighted by Gasteiger charge is 2.19. The molecule has 1 aliphatic carbocycles. The SMILES string of the molecule is Nc1cc(F)cc(NC2CCC(O)CC2)c1. The van der Waals surface area contributed by atoms with Crippen molar-refractivity contribution in [2.24, 2.45) is 0 Å². The molecule has 0 amide bonds. The Bertz CT molecular complexity index is 342. The van der Waals surface area contributed by atoms with E-state index in [0.29, 0.717) is 11.7 Å². The lowest BCUT2D eigenvalue weighted by Crippen LogP contribution is -2.28. The average molecular weight is 224 g/mol. The maximum Gasteiger partial charge on any atom is 0.127 e. The monoisotopic (exact) mass is 224 g/mol. The minimum Gasteiger partial charge on any atom is -0.399 e. The molecule has 4 heteroatoms. The van der Waals surface area contributed by atoms with Crippen LogP contribution >= 0.6 is 0 Å². The molecule has 0 atom stereocenters. The Hall–Kier alpha value is -1.29. The van der Waals surface area contributed by atoms with Gasteiger partial charge in [0.2, 0.25) is 0 Å². The van der Waals surface area contributed by atoms with Crippen LogP contribution in [0.4, 0.5) is 15.8 Å². The summed E-state index contributed by atoms with van der Waals surface area (Å²) in [4.78, 5) is 0. The highest BCUT2D eigenvalue weighted by Crippen LogP contribution is 2.23. The van der Waals surface area contributed by atoms with Crippen LogP contribution in [0.15, 0.2) is 18.2 Å². The number of aliphatic hydroxyl groups excluding tert-OH is 1. The molecular formula is C12H17FN2O. The van der Waals surface area contributed by atoms with Gasteiger partial charge in [-0.05, 0) is 43.9 Å². The molecule has 0 heterocycles. The van der Waals surface area contributed by atoms with Crippen molar-refractivity contribution < 1.29 is 9.50 Å². The van der Waals surface area contributed by atoms with Gasteiger partial charge in [-0.15, -0.1) is 0 Å². The highest BCUT2D eigenvalue weighted by atomic mass is 19.1. The maximum absolute atomic E-state index is 13.1. The summed E-state index contributed by atoms with van der Waals surface area (Å²) < 4.78 is 13.1. The van der Waals surface area contributed by atoms with Gasteiger partial charge in [-0.3, -0.25) is 0 Å². The largest absolute Gasteiger partial charge is 0.399 e. The molecule has 1 saturated carbocycles. The van der Waals surface area contributed by atoms with E-state index in [1.165, 1.54) is 12.1 Å². The van der Waals surface area contributed by atoms with Crippen LogP contribution in [0.3, 0.4) is 0 Å². The summed E-state index contributed by atoms with van der Waals surface area (Å²) >= 11 is 0. The number of nitrogens with one attached hydrogen (secondary N) is 1. The first-order valence-corrected chi connectivity index (χ1v) is 5.64. The van der Waals surface area contributed by atoms with Gasteiger partial charge >= 0.3 is 0 Å². The standard InChI is InChI=1S/C12H17FN2O/c13-8-5-9(14)7-11(6-8)15-10-1-3-12(16)4-2-10/h5-7,10,12,15-16H,1-4,14H2. The maximum atomic E-state index is 13.1. The normalized spacial score (nSPS) is 25.4. The Kier molecular flexibility index (Phi) is 3.29. The third-order valence-electron chi connectivity index (χ3n) is 2.99. The van der Waals surface area contributed by atoms with Crippen LogP contribution in [0.25, 0.3) is 0 Å². The summed E-state index contributed by atoms with van der Waals surface area (Å²) in [6.07, 6.45) is 3.27. The van der Waals surface area contributed by atoms with Gasteiger partial charge < -0.3 is 16.2 Å². The van der Waals surface area contributed by atoms with Crippen molar-refractivity contribution in [3.63, 3.8) is 0 Å². The van der Waals surface area contributed by atoms with E-state index in [2.05, 4.69) is 5.32 Å². The molecule has 3 nitrogen and oxygen atoms in total. The number of benzene rings is 1. The molecule has 0 saturated heterocycles. The number of hydrogen-bond donors (Lipinski definition) is 3. The Morgan fingerprint density at radius 3 is 2.50 bits per heavy atom. The van der Waals surface area contributed by atoms with E-state index < -0.39 is 0 Å². The van der Waals surface area contributed by atoms with Crippen molar-refractivity contribution in [3.05, 3.63) is 24.0 Å². The van der Waals surface area contributed by atoms with Crippen LogP contribution < -0.4 is 11.1 Å². The minimum absolute atomic E-state index is 0.171. The summed E-state index contributed by atoms with van der Waals surface area (Å²) in [5.41, 5.74) is 6.72. The number of nitrogens with two attached hydrogens (primary N) is 1. The third-order valence-corrected chi connectivity index (χ3v) is 2.99. The highest BCUT2D eigenvalue weighted by molar-refractivity contribution is 5.55. The summed E-state index contributed by atoms with van der Waals surface area (Å²) in [6, 6.07) is 4.79. The van der Waals surface area contributed by atoms with E-state index in [-0.39, 0.29) is 11.9 Å². The average Bonchev–Trinajstić information content (AvgIpc) is 2.20. The number of rotatable bonds is 2. The number of nitrogen functional groups attached to an aromatic ring is 1. The van der Waals surface area contributed by atoms with E-state index in [4.69, 9.17) is 5.73 Å². The van der Waals surface area contributed by atoms with E-state index in [1.807, 2.05) is 0 Å². The second-order valence-corrected chi connectivity index (χ2v) is 4.42. The predicted octanol–water partition coefficient (Wildman–Crippen LogP) is 2.12. The second-order valence-electron chi connectivity index (χ2n) is 4.42. The quantitative estimate of drug-likeness (QED) is 0.674. The van der Waals surface area contributed by atoms with Gasteiger partial charge in [-0.25, -0.2) is 4.39 Å². The lowest BCUT2D eigenvalue weighted by atomic mass is 9.93. The molecule has 1 aromatic carbocycles. The van der Waals surface area contributed by atoms with E-state index in [0.717, 1.165) is 31.4 Å². The van der Waals surface area contributed by atoms with Gasteiger partial charge in [0.15, 0.2) is 0 Å². The zero-order chi connectivity index (χ0) is 11.5. The molecule has 0 bridgehead atoms. The molecule has 16 heavy (non-hydrogen) atoms. The molecule has 0 spiro atoms. The first kappa shape index (κ1) is 11.2. The molecule has 1 aromatic rings. The molecular weight excluding hydrogens is 207 g/mol. The molecule has 0 aromatic heterocycles. The number of halogens is 1. The fourth-order valence-corrected chi connectivity index (χ4v) is 2.15. The smallest absolute Gasteiger partial charge is 0.127 e. The van der Waals surface area contributed by atoms with Crippen molar-refractivity contribution in [2.75, 3.05) is 11.1 Å². The van der Waals surface area contributed by atoms with Crippen LogP contribution in [-0.2, 0) is 0 Å². The number of hydrogen-bond acceptors (Lipinski definition) is 3. The molecule has 1 aliphatic rings. The van der Waals surface area contributed by atoms with Gasteiger partial charge in [-0.1, -0.05) is 0 Å². The Balaban J connectivity index is 1.98. The summed E-state index contributed by atoms with van der Waals surface area (Å²) in [7, 11) is 0. The molecule has 0 aliphatic heterocycles. The van der Waals surface area contributed by atoms with E-state index in [9.17, 15) is 9.50 Å². The molecule has 1 fully saturated rings. The molecule has 0 radical (unpaired) electrons. The summed E-state index contributed by atoms with van der Waals surface area (Å²) in [5.74, 6) is -0.321. The zero-order valence-corrected chi connectivity index (χ0v) is 9.12. The first-order valence-electron chi connectivity index (χ1n) is 5.64. The Labute approximate surface area is 94.5 Å². The third kappa shape index (κ3) is 2.85. The molecule has 0 unspecified atom stereocenters. The van der Waals surface area contributed by atoms with Crippen LogP contribution in [0.5, 0.6) is 0 Å². The van der Waals surface area contributed by atoms with Crippen molar-refractivity contribution in [3.8, 4) is 0 Å². The van der Waals surface area contributed by atoms with Crippen molar-refractivity contribution >= 4 is 11.4 Å². The van der Waals surface area contributed by atoms with Crippen molar-refractivity contribution in [2.45, 2.75) is 37.8 Å². The Morgan fingerprint density at radius 2 is 1.88 bits per heavy atom. The van der Waals surface area contributed by atoms with Gasteiger partial charge in [0, 0.05) is 17.4 Å². The van der Waals surface area contributed by atoms with Crippen LogP contribution in [0.2, 0.25) is 0 Å².